The van der Waals surface area contributed by atoms with Gasteiger partial charge in [0.1, 0.15) is 0 Å². The van der Waals surface area contributed by atoms with Crippen molar-refractivity contribution in [3.05, 3.63) is 22.8 Å². The van der Waals surface area contributed by atoms with Gasteiger partial charge >= 0.3 is 0 Å². The SMILES string of the molecule is CCOc1cc2c(c(C)c1OC)COC(C)(C)C2. The molecule has 1 heterocycles. The van der Waals surface area contributed by atoms with E-state index < -0.39 is 0 Å². The van der Waals surface area contributed by atoms with E-state index >= 15 is 0 Å². The standard InChI is InChI=1S/C15H22O3/c1-6-17-13-7-11-8-15(3,4)18-9-12(11)10(2)14(13)16-5/h7H,6,8-9H2,1-5H3. The highest BCUT2D eigenvalue weighted by Crippen LogP contribution is 2.40. The topological polar surface area (TPSA) is 27.7 Å². The maximum Gasteiger partial charge on any atom is 0.164 e. The average molecular weight is 250 g/mol. The highest BCUT2D eigenvalue weighted by molar-refractivity contribution is 5.54. The molecule has 2 rings (SSSR count). The molecule has 1 aliphatic heterocycles. The van der Waals surface area contributed by atoms with Crippen molar-refractivity contribution in [3.63, 3.8) is 0 Å². The summed E-state index contributed by atoms with van der Waals surface area (Å²) >= 11 is 0. The van der Waals surface area contributed by atoms with Crippen LogP contribution in [0.3, 0.4) is 0 Å². The van der Waals surface area contributed by atoms with Crippen LogP contribution in [0, 0.1) is 6.92 Å². The summed E-state index contributed by atoms with van der Waals surface area (Å²) in [6.45, 7) is 9.60. The minimum absolute atomic E-state index is 0.0997. The normalized spacial score (nSPS) is 17.2. The highest BCUT2D eigenvalue weighted by Gasteiger charge is 2.29. The van der Waals surface area contributed by atoms with Gasteiger partial charge in [0.05, 0.1) is 25.9 Å². The molecule has 0 spiro atoms. The summed E-state index contributed by atoms with van der Waals surface area (Å²) in [5.74, 6) is 1.67. The molecule has 0 N–H and O–H groups in total. The minimum Gasteiger partial charge on any atom is -0.493 e. The zero-order valence-electron chi connectivity index (χ0n) is 11.9. The monoisotopic (exact) mass is 250 g/mol. The lowest BCUT2D eigenvalue weighted by Crippen LogP contribution is -2.32. The lowest BCUT2D eigenvalue weighted by atomic mass is 9.89. The van der Waals surface area contributed by atoms with Crippen molar-refractivity contribution in [2.45, 2.75) is 46.3 Å². The van der Waals surface area contributed by atoms with E-state index in [0.717, 1.165) is 23.5 Å². The van der Waals surface area contributed by atoms with Gasteiger partial charge in [-0.3, -0.25) is 0 Å². The molecule has 0 aliphatic carbocycles. The van der Waals surface area contributed by atoms with E-state index in [0.29, 0.717) is 13.2 Å². The van der Waals surface area contributed by atoms with Crippen LogP contribution in [0.1, 0.15) is 37.5 Å². The second-order valence-corrected chi connectivity index (χ2v) is 5.33. The van der Waals surface area contributed by atoms with Crippen LogP contribution in [0.25, 0.3) is 0 Å². The number of hydrogen-bond donors (Lipinski definition) is 0. The van der Waals surface area contributed by atoms with Crippen LogP contribution in [0.15, 0.2) is 6.07 Å². The Morgan fingerprint density at radius 2 is 2.11 bits per heavy atom. The van der Waals surface area contributed by atoms with Crippen LogP contribution in [-0.4, -0.2) is 19.3 Å². The third-order valence-electron chi connectivity index (χ3n) is 3.44. The van der Waals surface area contributed by atoms with Crippen LogP contribution in [0.5, 0.6) is 11.5 Å². The van der Waals surface area contributed by atoms with Gasteiger partial charge < -0.3 is 14.2 Å². The van der Waals surface area contributed by atoms with Crippen molar-refractivity contribution in [1.82, 2.24) is 0 Å². The molecule has 1 aromatic carbocycles. The van der Waals surface area contributed by atoms with Gasteiger partial charge in [0.2, 0.25) is 0 Å². The lowest BCUT2D eigenvalue weighted by Gasteiger charge is -2.33. The fourth-order valence-corrected chi connectivity index (χ4v) is 2.53. The third-order valence-corrected chi connectivity index (χ3v) is 3.44. The van der Waals surface area contributed by atoms with Crippen LogP contribution in [-0.2, 0) is 17.8 Å². The molecule has 3 nitrogen and oxygen atoms in total. The second-order valence-electron chi connectivity index (χ2n) is 5.33. The average Bonchev–Trinajstić information content (AvgIpc) is 2.28. The molecule has 0 saturated carbocycles. The van der Waals surface area contributed by atoms with Crippen molar-refractivity contribution in [1.29, 1.82) is 0 Å². The maximum absolute atomic E-state index is 5.88. The molecule has 0 saturated heterocycles. The van der Waals surface area contributed by atoms with E-state index in [1.54, 1.807) is 7.11 Å². The van der Waals surface area contributed by atoms with Gasteiger partial charge in [-0.1, -0.05) is 0 Å². The van der Waals surface area contributed by atoms with Gasteiger partial charge in [-0.05, 0) is 44.9 Å². The molecule has 1 aromatic rings. The number of methoxy groups -OCH3 is 1. The van der Waals surface area contributed by atoms with Gasteiger partial charge in [0.15, 0.2) is 11.5 Å². The van der Waals surface area contributed by atoms with Gasteiger partial charge in [-0.15, -0.1) is 0 Å². The van der Waals surface area contributed by atoms with Gasteiger partial charge in [-0.25, -0.2) is 0 Å². The molecule has 0 unspecified atom stereocenters. The zero-order chi connectivity index (χ0) is 13.3. The van der Waals surface area contributed by atoms with Gasteiger partial charge in [0.25, 0.3) is 0 Å². The molecule has 1 aliphatic rings. The summed E-state index contributed by atoms with van der Waals surface area (Å²) in [5.41, 5.74) is 3.59. The first-order chi connectivity index (χ1) is 8.48. The van der Waals surface area contributed by atoms with E-state index in [1.165, 1.54) is 11.1 Å². The molecule has 0 bridgehead atoms. The van der Waals surface area contributed by atoms with Crippen molar-refractivity contribution in [3.8, 4) is 11.5 Å². The number of rotatable bonds is 3. The molecule has 0 fully saturated rings. The predicted octanol–water partition coefficient (Wildman–Crippen LogP) is 3.25. The molecule has 18 heavy (non-hydrogen) atoms. The van der Waals surface area contributed by atoms with E-state index in [-0.39, 0.29) is 5.60 Å². The molecule has 0 radical (unpaired) electrons. The van der Waals surface area contributed by atoms with Crippen LogP contribution >= 0.6 is 0 Å². The Hall–Kier alpha value is -1.22. The molecule has 0 atom stereocenters. The Morgan fingerprint density at radius 1 is 1.39 bits per heavy atom. The van der Waals surface area contributed by atoms with Gasteiger partial charge in [-0.2, -0.15) is 0 Å². The van der Waals surface area contributed by atoms with Crippen LogP contribution < -0.4 is 9.47 Å². The Bertz CT molecular complexity index is 450. The fraction of sp³-hybridized carbons (Fsp3) is 0.600. The number of fused-ring (bicyclic) bond motifs is 1. The first-order valence-electron chi connectivity index (χ1n) is 6.44. The first-order valence-corrected chi connectivity index (χ1v) is 6.44. The minimum atomic E-state index is -0.0997. The van der Waals surface area contributed by atoms with E-state index in [9.17, 15) is 0 Å². The van der Waals surface area contributed by atoms with Crippen molar-refractivity contribution >= 4 is 0 Å². The maximum atomic E-state index is 5.88. The van der Waals surface area contributed by atoms with E-state index in [1.807, 2.05) is 6.92 Å². The second kappa shape index (κ2) is 4.81. The largest absolute Gasteiger partial charge is 0.493 e. The fourth-order valence-electron chi connectivity index (χ4n) is 2.53. The van der Waals surface area contributed by atoms with Crippen LogP contribution in [0.2, 0.25) is 0 Å². The lowest BCUT2D eigenvalue weighted by molar-refractivity contribution is -0.0405. The summed E-state index contributed by atoms with van der Waals surface area (Å²) in [4.78, 5) is 0. The molecule has 0 amide bonds. The van der Waals surface area contributed by atoms with Crippen molar-refractivity contribution in [2.24, 2.45) is 0 Å². The smallest absolute Gasteiger partial charge is 0.164 e. The number of hydrogen-bond acceptors (Lipinski definition) is 3. The Morgan fingerprint density at radius 3 is 2.72 bits per heavy atom. The molecule has 100 valence electrons. The van der Waals surface area contributed by atoms with E-state index in [4.69, 9.17) is 14.2 Å². The van der Waals surface area contributed by atoms with Crippen LogP contribution in [0.4, 0.5) is 0 Å². The summed E-state index contributed by atoms with van der Waals surface area (Å²) < 4.78 is 17.0. The highest BCUT2D eigenvalue weighted by atomic mass is 16.5. The molecular weight excluding hydrogens is 228 g/mol. The zero-order valence-corrected chi connectivity index (χ0v) is 11.9. The number of ether oxygens (including phenoxy) is 3. The van der Waals surface area contributed by atoms with Gasteiger partial charge in [0, 0.05) is 12.0 Å². The summed E-state index contributed by atoms with van der Waals surface area (Å²) in [6, 6.07) is 2.11. The predicted molar refractivity (Wildman–Crippen MR) is 71.5 cm³/mol. The van der Waals surface area contributed by atoms with E-state index in [2.05, 4.69) is 26.8 Å². The molecule has 0 aromatic heterocycles. The summed E-state index contributed by atoms with van der Waals surface area (Å²) in [7, 11) is 1.69. The molecule has 3 heteroatoms. The number of benzene rings is 1. The molecular formula is C15H22O3. The Kier molecular flexibility index (Phi) is 3.53. The third kappa shape index (κ3) is 2.32. The van der Waals surface area contributed by atoms with Crippen molar-refractivity contribution in [2.75, 3.05) is 13.7 Å². The first kappa shape index (κ1) is 13.2. The van der Waals surface area contributed by atoms with Crippen molar-refractivity contribution < 1.29 is 14.2 Å². The summed E-state index contributed by atoms with van der Waals surface area (Å²) in [6.07, 6.45) is 0.910. The summed E-state index contributed by atoms with van der Waals surface area (Å²) in [5, 5.41) is 0. The Balaban J connectivity index is 2.50. The Labute approximate surface area is 109 Å². The quantitative estimate of drug-likeness (QED) is 0.824.